The van der Waals surface area contributed by atoms with Crippen molar-refractivity contribution in [3.05, 3.63) is 59.2 Å². The van der Waals surface area contributed by atoms with Crippen LogP contribution < -0.4 is 15.7 Å². The zero-order chi connectivity index (χ0) is 21.3. The SMILES string of the molecule is CC.CC(=O)NC(C)c1cc(C(=O)NO)ncc1N(C)Cc1ccc(F)cc1. The minimum Gasteiger partial charge on any atom is -0.369 e. The van der Waals surface area contributed by atoms with Gasteiger partial charge in [0.05, 0.1) is 17.9 Å². The summed E-state index contributed by atoms with van der Waals surface area (Å²) >= 11 is 0. The van der Waals surface area contributed by atoms with Gasteiger partial charge in [0.25, 0.3) is 5.91 Å². The van der Waals surface area contributed by atoms with Crippen LogP contribution in [0.3, 0.4) is 0 Å². The maximum atomic E-state index is 13.1. The predicted molar refractivity (Wildman–Crippen MR) is 106 cm³/mol. The first kappa shape index (κ1) is 23.0. The van der Waals surface area contributed by atoms with Crippen molar-refractivity contribution in [2.24, 2.45) is 0 Å². The molecule has 28 heavy (non-hydrogen) atoms. The van der Waals surface area contributed by atoms with Crippen molar-refractivity contribution in [2.45, 2.75) is 40.3 Å². The van der Waals surface area contributed by atoms with Crippen molar-refractivity contribution < 1.29 is 19.2 Å². The Morgan fingerprint density at radius 1 is 1.25 bits per heavy atom. The summed E-state index contributed by atoms with van der Waals surface area (Å²) < 4.78 is 13.1. The number of benzene rings is 1. The molecule has 1 aromatic carbocycles. The second kappa shape index (κ2) is 11.0. The lowest BCUT2D eigenvalue weighted by atomic mass is 10.0. The quantitative estimate of drug-likeness (QED) is 0.520. The molecule has 0 bridgehead atoms. The maximum Gasteiger partial charge on any atom is 0.293 e. The van der Waals surface area contributed by atoms with Gasteiger partial charge in [0.15, 0.2) is 0 Å². The number of hydrogen-bond donors (Lipinski definition) is 3. The number of carbonyl (C=O) groups is 2. The lowest BCUT2D eigenvalue weighted by Gasteiger charge is -2.25. The number of hydrogen-bond acceptors (Lipinski definition) is 5. The number of hydroxylamine groups is 1. The van der Waals surface area contributed by atoms with Gasteiger partial charge < -0.3 is 10.2 Å². The summed E-state index contributed by atoms with van der Waals surface area (Å²) in [5.74, 6) is -1.26. The molecule has 8 heteroatoms. The Balaban J connectivity index is 0.00000190. The van der Waals surface area contributed by atoms with Gasteiger partial charge in [-0.25, -0.2) is 14.9 Å². The molecule has 0 saturated carbocycles. The molecule has 0 aliphatic carbocycles. The standard InChI is InChI=1S/C18H21FN4O3.C2H6/c1-11(21-12(2)24)15-8-16(18(25)22-26)20-9-17(15)23(3)10-13-4-6-14(19)7-5-13;1-2/h4-9,11,26H,10H2,1-3H3,(H,21,24)(H,22,25);1-2H3. The first-order valence-corrected chi connectivity index (χ1v) is 8.99. The Morgan fingerprint density at radius 2 is 1.86 bits per heavy atom. The minimum atomic E-state index is -0.742. The average molecular weight is 390 g/mol. The number of carbonyl (C=O) groups excluding carboxylic acids is 2. The van der Waals surface area contributed by atoms with Crippen LogP contribution >= 0.6 is 0 Å². The van der Waals surface area contributed by atoms with Crippen LogP contribution in [0.4, 0.5) is 10.1 Å². The van der Waals surface area contributed by atoms with Crippen LogP contribution in [0.1, 0.15) is 55.4 Å². The van der Waals surface area contributed by atoms with Crippen molar-refractivity contribution in [2.75, 3.05) is 11.9 Å². The third-order valence-electron chi connectivity index (χ3n) is 3.88. The Labute approximate surface area is 164 Å². The second-order valence-corrected chi connectivity index (χ2v) is 5.97. The van der Waals surface area contributed by atoms with E-state index in [1.165, 1.54) is 31.3 Å². The van der Waals surface area contributed by atoms with Gasteiger partial charge >= 0.3 is 0 Å². The van der Waals surface area contributed by atoms with Gasteiger partial charge in [-0.1, -0.05) is 26.0 Å². The highest BCUT2D eigenvalue weighted by Gasteiger charge is 2.18. The van der Waals surface area contributed by atoms with E-state index in [2.05, 4.69) is 10.3 Å². The average Bonchev–Trinajstić information content (AvgIpc) is 2.69. The third-order valence-corrected chi connectivity index (χ3v) is 3.88. The van der Waals surface area contributed by atoms with Crippen LogP contribution in [0, 0.1) is 5.82 Å². The van der Waals surface area contributed by atoms with Crippen LogP contribution in [-0.4, -0.2) is 29.1 Å². The summed E-state index contributed by atoms with van der Waals surface area (Å²) in [4.78, 5) is 29.0. The van der Waals surface area contributed by atoms with Crippen molar-refractivity contribution in [1.29, 1.82) is 0 Å². The van der Waals surface area contributed by atoms with Crippen LogP contribution in [0.15, 0.2) is 36.5 Å². The monoisotopic (exact) mass is 390 g/mol. The van der Waals surface area contributed by atoms with Crippen LogP contribution in [0.5, 0.6) is 0 Å². The normalized spacial score (nSPS) is 11.0. The van der Waals surface area contributed by atoms with Crippen molar-refractivity contribution >= 4 is 17.5 Å². The number of nitrogens with zero attached hydrogens (tertiary/aromatic N) is 2. The lowest BCUT2D eigenvalue weighted by Crippen LogP contribution is -2.28. The summed E-state index contributed by atoms with van der Waals surface area (Å²) in [7, 11) is 1.83. The van der Waals surface area contributed by atoms with Crippen LogP contribution in [0.2, 0.25) is 0 Å². The van der Waals surface area contributed by atoms with Crippen LogP contribution in [-0.2, 0) is 11.3 Å². The number of anilines is 1. The van der Waals surface area contributed by atoms with Gasteiger partial charge in [-0.3, -0.25) is 14.8 Å². The fourth-order valence-electron chi connectivity index (χ4n) is 2.64. The Morgan fingerprint density at radius 3 is 2.39 bits per heavy atom. The van der Waals surface area contributed by atoms with E-state index in [0.29, 0.717) is 17.8 Å². The first-order chi connectivity index (χ1) is 13.3. The molecule has 0 fully saturated rings. The largest absolute Gasteiger partial charge is 0.369 e. The molecule has 3 N–H and O–H groups in total. The molecule has 2 aromatic rings. The van der Waals surface area contributed by atoms with E-state index < -0.39 is 5.91 Å². The maximum absolute atomic E-state index is 13.1. The Bertz CT molecular complexity index is 797. The molecule has 2 rings (SSSR count). The van der Waals surface area contributed by atoms with E-state index in [4.69, 9.17) is 5.21 Å². The second-order valence-electron chi connectivity index (χ2n) is 5.97. The highest BCUT2D eigenvalue weighted by Crippen LogP contribution is 2.27. The van der Waals surface area contributed by atoms with Gasteiger partial charge in [-0.05, 0) is 30.7 Å². The number of nitrogens with one attached hydrogen (secondary N) is 2. The predicted octanol–water partition coefficient (Wildman–Crippen LogP) is 3.20. The molecule has 1 atom stereocenters. The van der Waals surface area contributed by atoms with E-state index in [0.717, 1.165) is 5.56 Å². The Kier molecular flexibility index (Phi) is 9.04. The molecular weight excluding hydrogens is 363 g/mol. The topological polar surface area (TPSA) is 94.6 Å². The Hall–Kier alpha value is -3.00. The van der Waals surface area contributed by atoms with E-state index in [9.17, 15) is 14.0 Å². The van der Waals surface area contributed by atoms with Gasteiger partial charge in [0, 0.05) is 26.1 Å². The van der Waals surface area contributed by atoms with Crippen LogP contribution in [0.25, 0.3) is 0 Å². The van der Waals surface area contributed by atoms with E-state index >= 15 is 0 Å². The molecule has 0 spiro atoms. The number of halogens is 1. The number of pyridine rings is 1. The molecule has 0 saturated heterocycles. The molecule has 1 heterocycles. The number of rotatable bonds is 6. The van der Waals surface area contributed by atoms with E-state index in [1.807, 2.05) is 25.8 Å². The van der Waals surface area contributed by atoms with E-state index in [1.54, 1.807) is 24.5 Å². The highest BCUT2D eigenvalue weighted by atomic mass is 19.1. The zero-order valence-corrected chi connectivity index (χ0v) is 16.8. The number of amides is 2. The van der Waals surface area contributed by atoms with E-state index in [-0.39, 0.29) is 23.5 Å². The highest BCUT2D eigenvalue weighted by molar-refractivity contribution is 5.92. The van der Waals surface area contributed by atoms with Gasteiger partial charge in [-0.2, -0.15) is 0 Å². The molecular formula is C20H27FN4O3. The summed E-state index contributed by atoms with van der Waals surface area (Å²) in [5.41, 5.74) is 3.83. The third kappa shape index (κ3) is 6.31. The molecule has 0 radical (unpaired) electrons. The fraction of sp³-hybridized carbons (Fsp3) is 0.350. The van der Waals surface area contributed by atoms with Crippen molar-refractivity contribution in [1.82, 2.24) is 15.8 Å². The van der Waals surface area contributed by atoms with Gasteiger partial charge in [-0.15, -0.1) is 0 Å². The zero-order valence-electron chi connectivity index (χ0n) is 16.8. The van der Waals surface area contributed by atoms with Gasteiger partial charge in [0.1, 0.15) is 11.5 Å². The lowest BCUT2D eigenvalue weighted by molar-refractivity contribution is -0.119. The summed E-state index contributed by atoms with van der Waals surface area (Å²) in [5, 5.41) is 11.6. The fourth-order valence-corrected chi connectivity index (χ4v) is 2.64. The summed E-state index contributed by atoms with van der Waals surface area (Å²) in [6.45, 7) is 7.67. The molecule has 0 aliphatic heterocycles. The minimum absolute atomic E-state index is 0.0265. The van der Waals surface area contributed by atoms with Crippen molar-refractivity contribution in [3.63, 3.8) is 0 Å². The summed E-state index contributed by atoms with van der Waals surface area (Å²) in [6.07, 6.45) is 1.50. The summed E-state index contributed by atoms with van der Waals surface area (Å²) in [6, 6.07) is 7.27. The van der Waals surface area contributed by atoms with Gasteiger partial charge in [0.2, 0.25) is 5.91 Å². The smallest absolute Gasteiger partial charge is 0.293 e. The molecule has 1 aromatic heterocycles. The molecule has 0 aliphatic rings. The number of aromatic nitrogens is 1. The molecule has 1 unspecified atom stereocenters. The molecule has 7 nitrogen and oxygen atoms in total. The first-order valence-electron chi connectivity index (χ1n) is 8.99. The molecule has 152 valence electrons. The van der Waals surface area contributed by atoms with Crippen molar-refractivity contribution in [3.8, 4) is 0 Å². The molecule has 2 amide bonds.